The van der Waals surface area contributed by atoms with Gasteiger partial charge in [-0.25, -0.2) is 8.96 Å². The number of halogens is 1. The standard InChI is InChI=1S/C45H61FNO8PSi/c1-31(2)47-39-23-21-35(52-30-56(49,50)55-34-15-13-12-14-16-34)28-38(39)42(32-17-19-33(46)20-18-32)40(47)24-22-36-27-37(29-41(48)51-25-26-57(9,10)11)54-45(53-36,43(3,4)5)44(6,7)8/h12-24,28,31,36-37H,25-27,29-30H2,1-11H3,(H,49,50)/t36-,37-/m1/s1. The van der Waals surface area contributed by atoms with E-state index in [0.717, 1.165) is 33.8 Å². The van der Waals surface area contributed by atoms with Crippen molar-refractivity contribution in [3.8, 4) is 22.6 Å². The Bertz CT molecular complexity index is 2060. The molecular weight excluding hydrogens is 761 g/mol. The lowest BCUT2D eigenvalue weighted by Gasteiger charge is -2.57. The number of esters is 1. The van der Waals surface area contributed by atoms with Crippen molar-refractivity contribution in [2.75, 3.05) is 13.0 Å². The first kappa shape index (κ1) is 44.4. The van der Waals surface area contributed by atoms with E-state index in [1.54, 1.807) is 48.5 Å². The zero-order valence-electron chi connectivity index (χ0n) is 35.4. The second kappa shape index (κ2) is 17.2. The highest BCUT2D eigenvalue weighted by molar-refractivity contribution is 7.53. The average molecular weight is 822 g/mol. The zero-order chi connectivity index (χ0) is 42.0. The minimum atomic E-state index is -4.16. The summed E-state index contributed by atoms with van der Waals surface area (Å²) < 4.78 is 60.4. The third kappa shape index (κ3) is 10.9. The summed E-state index contributed by atoms with van der Waals surface area (Å²) in [5.41, 5.74) is 2.44. The van der Waals surface area contributed by atoms with E-state index in [0.29, 0.717) is 18.8 Å². The number of hydrogen-bond donors (Lipinski definition) is 1. The first-order valence-electron chi connectivity index (χ1n) is 19.8. The summed E-state index contributed by atoms with van der Waals surface area (Å²) in [6, 6.07) is 21.2. The first-order chi connectivity index (χ1) is 26.5. The fraction of sp³-hybridized carbons (Fsp3) is 0.489. The second-order valence-corrected chi connectivity index (χ2v) is 25.9. The number of para-hydroxylation sites is 1. The molecule has 3 aromatic carbocycles. The Labute approximate surface area is 339 Å². The minimum absolute atomic E-state index is 0.00238. The van der Waals surface area contributed by atoms with Crippen LogP contribution in [-0.2, 0) is 23.6 Å². The zero-order valence-corrected chi connectivity index (χ0v) is 37.3. The molecule has 1 saturated heterocycles. The van der Waals surface area contributed by atoms with Crippen molar-refractivity contribution in [2.45, 2.75) is 118 Å². The molecule has 5 rings (SSSR count). The van der Waals surface area contributed by atoms with Gasteiger partial charge in [-0.2, -0.15) is 0 Å². The molecule has 3 atom stereocenters. The summed E-state index contributed by atoms with van der Waals surface area (Å²) in [5, 5.41) is 0.815. The molecule has 9 nitrogen and oxygen atoms in total. The molecule has 4 aromatic rings. The molecule has 0 saturated carbocycles. The number of rotatable bonds is 14. The summed E-state index contributed by atoms with van der Waals surface area (Å²) in [7, 11) is -5.54. The molecule has 1 unspecified atom stereocenters. The second-order valence-electron chi connectivity index (χ2n) is 18.6. The molecule has 1 aliphatic heterocycles. The van der Waals surface area contributed by atoms with Gasteiger partial charge in [0.2, 0.25) is 0 Å². The van der Waals surface area contributed by atoms with Crippen molar-refractivity contribution in [1.29, 1.82) is 0 Å². The van der Waals surface area contributed by atoms with E-state index in [9.17, 15) is 18.6 Å². The quantitative estimate of drug-likeness (QED) is 0.0761. The Morgan fingerprint density at radius 3 is 2.23 bits per heavy atom. The third-order valence-electron chi connectivity index (χ3n) is 10.1. The Morgan fingerprint density at radius 2 is 1.63 bits per heavy atom. The van der Waals surface area contributed by atoms with Crippen LogP contribution in [0.4, 0.5) is 4.39 Å². The highest BCUT2D eigenvalue weighted by atomic mass is 31.2. The number of fused-ring (bicyclic) bond motifs is 1. The van der Waals surface area contributed by atoms with Gasteiger partial charge in [0.15, 0.2) is 12.1 Å². The number of hydrogen-bond acceptors (Lipinski definition) is 7. The van der Waals surface area contributed by atoms with E-state index in [-0.39, 0.29) is 30.0 Å². The Morgan fingerprint density at radius 1 is 0.982 bits per heavy atom. The van der Waals surface area contributed by atoms with E-state index in [1.165, 1.54) is 12.1 Å². The molecule has 2 heterocycles. The fourth-order valence-corrected chi connectivity index (χ4v) is 9.22. The van der Waals surface area contributed by atoms with Gasteiger partial charge in [0.25, 0.3) is 0 Å². The van der Waals surface area contributed by atoms with Crippen molar-refractivity contribution in [3.63, 3.8) is 0 Å². The maximum absolute atomic E-state index is 14.3. The van der Waals surface area contributed by atoms with Crippen LogP contribution in [0, 0.1) is 16.6 Å². The van der Waals surface area contributed by atoms with Crippen LogP contribution in [0.3, 0.4) is 0 Å². The topological polar surface area (TPSA) is 105 Å². The Balaban J connectivity index is 1.55. The van der Waals surface area contributed by atoms with Crippen LogP contribution < -0.4 is 9.26 Å². The summed E-state index contributed by atoms with van der Waals surface area (Å²) in [6.45, 7) is 23.9. The van der Waals surface area contributed by atoms with E-state index in [1.807, 2.05) is 24.3 Å². The normalized spacial score (nSPS) is 18.8. The van der Waals surface area contributed by atoms with Crippen molar-refractivity contribution in [3.05, 3.63) is 90.4 Å². The molecule has 0 amide bonds. The van der Waals surface area contributed by atoms with Crippen LogP contribution in [0.5, 0.6) is 11.5 Å². The van der Waals surface area contributed by atoms with Gasteiger partial charge in [-0.1, -0.05) is 97.6 Å². The Hall–Kier alpha value is -3.73. The van der Waals surface area contributed by atoms with E-state index in [4.69, 9.17) is 23.5 Å². The van der Waals surface area contributed by atoms with E-state index >= 15 is 0 Å². The molecule has 310 valence electrons. The molecule has 1 N–H and O–H groups in total. The van der Waals surface area contributed by atoms with Crippen LogP contribution in [0.15, 0.2) is 78.9 Å². The molecule has 0 aliphatic carbocycles. The number of aromatic nitrogens is 1. The molecule has 57 heavy (non-hydrogen) atoms. The van der Waals surface area contributed by atoms with Crippen LogP contribution in [0.2, 0.25) is 25.7 Å². The number of ether oxygens (including phenoxy) is 4. The van der Waals surface area contributed by atoms with Gasteiger partial charge in [0.1, 0.15) is 17.3 Å². The highest BCUT2D eigenvalue weighted by Gasteiger charge is 2.57. The summed E-state index contributed by atoms with van der Waals surface area (Å²) in [5.74, 6) is -1.04. The molecule has 1 aliphatic rings. The van der Waals surface area contributed by atoms with Gasteiger partial charge in [-0.15, -0.1) is 0 Å². The molecule has 1 aromatic heterocycles. The third-order valence-corrected chi connectivity index (χ3v) is 12.8. The van der Waals surface area contributed by atoms with Gasteiger partial charge in [-0.05, 0) is 74.0 Å². The van der Waals surface area contributed by atoms with E-state index in [2.05, 4.69) is 79.6 Å². The number of carbonyl (C=O) groups excluding carboxylic acids is 1. The first-order valence-corrected chi connectivity index (χ1v) is 25.3. The van der Waals surface area contributed by atoms with Crippen LogP contribution in [0.25, 0.3) is 28.1 Å². The number of nitrogens with zero attached hydrogens (tertiary/aromatic N) is 1. The van der Waals surface area contributed by atoms with Gasteiger partial charge < -0.3 is 32.9 Å². The van der Waals surface area contributed by atoms with Gasteiger partial charge in [0, 0.05) is 53.5 Å². The van der Waals surface area contributed by atoms with Crippen molar-refractivity contribution < 1.29 is 42.1 Å². The molecule has 0 spiro atoms. The van der Waals surface area contributed by atoms with Crippen LogP contribution >= 0.6 is 7.60 Å². The molecule has 0 bridgehead atoms. The molecule has 12 heteroatoms. The lowest BCUT2D eigenvalue weighted by atomic mass is 9.69. The van der Waals surface area contributed by atoms with Crippen LogP contribution in [0.1, 0.15) is 80.0 Å². The lowest BCUT2D eigenvalue weighted by Crippen LogP contribution is -2.63. The fourth-order valence-electron chi connectivity index (χ4n) is 7.69. The minimum Gasteiger partial charge on any atom is -0.480 e. The predicted molar refractivity (Wildman–Crippen MR) is 229 cm³/mol. The smallest absolute Gasteiger partial charge is 0.413 e. The van der Waals surface area contributed by atoms with Crippen LogP contribution in [-0.4, -0.2) is 54.5 Å². The lowest BCUT2D eigenvalue weighted by molar-refractivity contribution is -0.389. The predicted octanol–water partition coefficient (Wildman–Crippen LogP) is 11.9. The molecule has 1 fully saturated rings. The summed E-state index contributed by atoms with van der Waals surface area (Å²) in [4.78, 5) is 23.8. The SMILES string of the molecule is CC(C)n1c(C=C[C@@H]2C[C@H](CC(=O)OCC[Si](C)(C)C)OC(C(C)(C)C)(C(C)(C)C)O2)c(-c2ccc(F)cc2)c2cc(OCP(=O)(O)Oc3ccccc3)ccc21. The summed E-state index contributed by atoms with van der Waals surface area (Å²) in [6.07, 6.45) is 3.19. The highest BCUT2D eigenvalue weighted by Crippen LogP contribution is 2.52. The van der Waals surface area contributed by atoms with Crippen molar-refractivity contribution in [1.82, 2.24) is 4.57 Å². The molecular formula is C45H61FNO8PSi. The Kier molecular flexibility index (Phi) is 13.4. The van der Waals surface area contributed by atoms with Crippen molar-refractivity contribution in [2.24, 2.45) is 10.8 Å². The maximum atomic E-state index is 14.3. The van der Waals surface area contributed by atoms with Gasteiger partial charge in [-0.3, -0.25) is 4.79 Å². The molecule has 0 radical (unpaired) electrons. The monoisotopic (exact) mass is 821 g/mol. The average Bonchev–Trinajstić information content (AvgIpc) is 3.42. The van der Waals surface area contributed by atoms with Gasteiger partial charge >= 0.3 is 13.6 Å². The van der Waals surface area contributed by atoms with Gasteiger partial charge in [0.05, 0.1) is 25.2 Å². The van der Waals surface area contributed by atoms with E-state index < -0.39 is 50.8 Å². The number of benzene rings is 3. The summed E-state index contributed by atoms with van der Waals surface area (Å²) >= 11 is 0. The maximum Gasteiger partial charge on any atom is 0.413 e. The van der Waals surface area contributed by atoms with Crippen molar-refractivity contribution >= 4 is 38.6 Å². The largest absolute Gasteiger partial charge is 0.480 e. The number of carbonyl (C=O) groups is 1.